The molecule has 0 N–H and O–H groups in total. The normalized spacial score (nSPS) is 19.8. The third-order valence-electron chi connectivity index (χ3n) is 3.36. The second-order valence-corrected chi connectivity index (χ2v) is 5.51. The summed E-state index contributed by atoms with van der Waals surface area (Å²) >= 11 is 0. The molecule has 1 aliphatic heterocycles. The predicted octanol–water partition coefficient (Wildman–Crippen LogP) is 2.37. The van der Waals surface area contributed by atoms with Crippen molar-refractivity contribution in [2.24, 2.45) is 5.92 Å². The van der Waals surface area contributed by atoms with Crippen molar-refractivity contribution >= 4 is 12.0 Å². The van der Waals surface area contributed by atoms with Crippen LogP contribution < -0.4 is 0 Å². The van der Waals surface area contributed by atoms with E-state index in [0.717, 1.165) is 12.0 Å². The molecule has 0 bridgehead atoms. The van der Waals surface area contributed by atoms with Crippen LogP contribution in [0.2, 0.25) is 0 Å². The quantitative estimate of drug-likeness (QED) is 0.792. The highest BCUT2D eigenvalue weighted by molar-refractivity contribution is 5.92. The minimum Gasteiger partial charge on any atom is -0.377 e. The summed E-state index contributed by atoms with van der Waals surface area (Å²) in [6.45, 7) is 6.28. The number of carbonyl (C=O) groups excluding carboxylic acids is 1. The van der Waals surface area contributed by atoms with E-state index in [1.165, 1.54) is 0 Å². The van der Waals surface area contributed by atoms with Gasteiger partial charge in [-0.1, -0.05) is 19.9 Å². The van der Waals surface area contributed by atoms with Gasteiger partial charge in [0, 0.05) is 25.0 Å². The molecule has 1 saturated heterocycles. The van der Waals surface area contributed by atoms with E-state index < -0.39 is 0 Å². The van der Waals surface area contributed by atoms with Gasteiger partial charge < -0.3 is 9.64 Å². The van der Waals surface area contributed by atoms with Gasteiger partial charge in [-0.05, 0) is 30.0 Å². The smallest absolute Gasteiger partial charge is 0.246 e. The third-order valence-corrected chi connectivity index (χ3v) is 3.36. The van der Waals surface area contributed by atoms with E-state index in [0.29, 0.717) is 25.7 Å². The van der Waals surface area contributed by atoms with Crippen LogP contribution in [0, 0.1) is 5.92 Å². The van der Waals surface area contributed by atoms with Crippen LogP contribution in [0.15, 0.2) is 30.6 Å². The summed E-state index contributed by atoms with van der Waals surface area (Å²) in [7, 11) is 0. The van der Waals surface area contributed by atoms with E-state index in [9.17, 15) is 4.79 Å². The highest BCUT2D eigenvalue weighted by atomic mass is 16.5. The van der Waals surface area contributed by atoms with Gasteiger partial charge in [0.2, 0.25) is 5.91 Å². The Balaban J connectivity index is 2.00. The molecule has 108 valence electrons. The minimum absolute atomic E-state index is 0.0582. The molecule has 0 aliphatic carbocycles. The van der Waals surface area contributed by atoms with E-state index in [1.54, 1.807) is 18.5 Å². The van der Waals surface area contributed by atoms with Crippen LogP contribution in [0.5, 0.6) is 0 Å². The first-order valence-electron chi connectivity index (χ1n) is 7.13. The zero-order valence-electron chi connectivity index (χ0n) is 12.2. The van der Waals surface area contributed by atoms with Crippen molar-refractivity contribution in [3.8, 4) is 0 Å². The van der Waals surface area contributed by atoms with Crippen LogP contribution in [-0.4, -0.2) is 41.6 Å². The van der Waals surface area contributed by atoms with Gasteiger partial charge in [0.05, 0.1) is 19.3 Å². The molecule has 20 heavy (non-hydrogen) atoms. The highest BCUT2D eigenvalue weighted by Crippen LogP contribution is 2.16. The molecule has 0 spiro atoms. The van der Waals surface area contributed by atoms with Crippen LogP contribution in [0.3, 0.4) is 0 Å². The molecule has 1 fully saturated rings. The highest BCUT2D eigenvalue weighted by Gasteiger charge is 2.26. The zero-order valence-corrected chi connectivity index (χ0v) is 12.2. The fraction of sp³-hybridized carbons (Fsp3) is 0.500. The van der Waals surface area contributed by atoms with Crippen LogP contribution >= 0.6 is 0 Å². The van der Waals surface area contributed by atoms with Crippen LogP contribution in [0.1, 0.15) is 25.8 Å². The first-order chi connectivity index (χ1) is 9.66. The first-order valence-corrected chi connectivity index (χ1v) is 7.13. The first kappa shape index (κ1) is 14.7. The SMILES string of the molecule is CC(C)C[C@H]1COCCN1C(=O)/C=C/c1cccnc1. The molecule has 2 heterocycles. The molecule has 4 heteroatoms. The summed E-state index contributed by atoms with van der Waals surface area (Å²) in [6, 6.07) is 3.98. The topological polar surface area (TPSA) is 42.4 Å². The number of rotatable bonds is 4. The second kappa shape index (κ2) is 7.20. The lowest BCUT2D eigenvalue weighted by Gasteiger charge is -2.36. The van der Waals surface area contributed by atoms with Gasteiger partial charge in [-0.15, -0.1) is 0 Å². The Labute approximate surface area is 120 Å². The van der Waals surface area contributed by atoms with Crippen molar-refractivity contribution in [1.29, 1.82) is 0 Å². The van der Waals surface area contributed by atoms with Crippen LogP contribution in [-0.2, 0) is 9.53 Å². The Hall–Kier alpha value is -1.68. The van der Waals surface area contributed by atoms with Gasteiger partial charge >= 0.3 is 0 Å². The maximum absolute atomic E-state index is 12.3. The summed E-state index contributed by atoms with van der Waals surface area (Å²) in [6.07, 6.45) is 7.90. The maximum Gasteiger partial charge on any atom is 0.246 e. The number of nitrogens with zero attached hydrogens (tertiary/aromatic N) is 2. The van der Waals surface area contributed by atoms with E-state index in [1.807, 2.05) is 23.1 Å². The Bertz CT molecular complexity index is 457. The van der Waals surface area contributed by atoms with E-state index in [-0.39, 0.29) is 11.9 Å². The Morgan fingerprint density at radius 1 is 1.60 bits per heavy atom. The number of hydrogen-bond acceptors (Lipinski definition) is 3. The Morgan fingerprint density at radius 3 is 3.15 bits per heavy atom. The summed E-state index contributed by atoms with van der Waals surface area (Å²) < 4.78 is 5.50. The zero-order chi connectivity index (χ0) is 14.4. The monoisotopic (exact) mass is 274 g/mol. The van der Waals surface area contributed by atoms with E-state index >= 15 is 0 Å². The number of ether oxygens (including phenoxy) is 1. The Kier molecular flexibility index (Phi) is 5.30. The van der Waals surface area contributed by atoms with Gasteiger partial charge in [0.25, 0.3) is 0 Å². The summed E-state index contributed by atoms with van der Waals surface area (Å²) in [5.74, 6) is 0.613. The van der Waals surface area contributed by atoms with E-state index in [2.05, 4.69) is 18.8 Å². The van der Waals surface area contributed by atoms with Gasteiger partial charge in [-0.3, -0.25) is 9.78 Å². The fourth-order valence-electron chi connectivity index (χ4n) is 2.42. The molecular formula is C16H22N2O2. The van der Waals surface area contributed by atoms with Gasteiger partial charge in [-0.25, -0.2) is 0 Å². The molecule has 0 aromatic carbocycles. The molecule has 1 aromatic heterocycles. The van der Waals surface area contributed by atoms with Crippen molar-refractivity contribution < 1.29 is 9.53 Å². The molecule has 0 unspecified atom stereocenters. The lowest BCUT2D eigenvalue weighted by Crippen LogP contribution is -2.48. The molecule has 4 nitrogen and oxygen atoms in total. The number of amides is 1. The summed E-state index contributed by atoms with van der Waals surface area (Å²) in [4.78, 5) is 18.3. The average molecular weight is 274 g/mol. The summed E-state index contributed by atoms with van der Waals surface area (Å²) in [5.41, 5.74) is 0.939. The minimum atomic E-state index is 0.0582. The van der Waals surface area contributed by atoms with Gasteiger partial charge in [0.15, 0.2) is 0 Å². The van der Waals surface area contributed by atoms with Crippen molar-refractivity contribution in [3.63, 3.8) is 0 Å². The van der Waals surface area contributed by atoms with Crippen LogP contribution in [0.25, 0.3) is 6.08 Å². The molecule has 0 saturated carbocycles. The van der Waals surface area contributed by atoms with Crippen LogP contribution in [0.4, 0.5) is 0 Å². The molecule has 2 rings (SSSR count). The summed E-state index contributed by atoms with van der Waals surface area (Å²) in [5, 5.41) is 0. The predicted molar refractivity (Wildman–Crippen MR) is 79.0 cm³/mol. The number of hydrogen-bond donors (Lipinski definition) is 0. The molecular weight excluding hydrogens is 252 g/mol. The third kappa shape index (κ3) is 4.17. The molecule has 1 amide bonds. The number of aromatic nitrogens is 1. The lowest BCUT2D eigenvalue weighted by molar-refractivity contribution is -0.135. The van der Waals surface area contributed by atoms with Gasteiger partial charge in [-0.2, -0.15) is 0 Å². The number of morpholine rings is 1. The molecule has 1 aliphatic rings. The number of carbonyl (C=O) groups is 1. The molecule has 1 aromatic rings. The average Bonchev–Trinajstić information content (AvgIpc) is 2.46. The largest absolute Gasteiger partial charge is 0.377 e. The molecule has 1 atom stereocenters. The Morgan fingerprint density at radius 2 is 2.45 bits per heavy atom. The van der Waals surface area contributed by atoms with Crippen molar-refractivity contribution in [3.05, 3.63) is 36.2 Å². The van der Waals surface area contributed by atoms with Crippen molar-refractivity contribution in [1.82, 2.24) is 9.88 Å². The van der Waals surface area contributed by atoms with E-state index in [4.69, 9.17) is 4.74 Å². The van der Waals surface area contributed by atoms with Crippen molar-refractivity contribution in [2.45, 2.75) is 26.3 Å². The maximum atomic E-state index is 12.3. The second-order valence-electron chi connectivity index (χ2n) is 5.51. The molecule has 0 radical (unpaired) electrons. The van der Waals surface area contributed by atoms with Crippen molar-refractivity contribution in [2.75, 3.05) is 19.8 Å². The number of pyridine rings is 1. The standard InChI is InChI=1S/C16H22N2O2/c1-13(2)10-15-12-20-9-8-18(15)16(19)6-5-14-4-3-7-17-11-14/h3-7,11,13,15H,8-10,12H2,1-2H3/b6-5+/t15-/m0/s1. The fourth-order valence-corrected chi connectivity index (χ4v) is 2.42. The van der Waals surface area contributed by atoms with Gasteiger partial charge in [0.1, 0.15) is 0 Å². The lowest BCUT2D eigenvalue weighted by atomic mass is 10.0.